The first-order chi connectivity index (χ1) is 11.3. The molecular formula is C16H21F3N4S. The van der Waals surface area contributed by atoms with Gasteiger partial charge in [0.1, 0.15) is 0 Å². The van der Waals surface area contributed by atoms with Gasteiger partial charge in [-0.1, -0.05) is 6.07 Å². The lowest BCUT2D eigenvalue weighted by Crippen LogP contribution is -2.41. The highest BCUT2D eigenvalue weighted by Crippen LogP contribution is 2.31. The molecule has 0 saturated carbocycles. The van der Waals surface area contributed by atoms with Gasteiger partial charge in [-0.2, -0.15) is 18.4 Å². The number of anilines is 1. The third-order valence-electron chi connectivity index (χ3n) is 3.24. The van der Waals surface area contributed by atoms with E-state index in [0.29, 0.717) is 17.3 Å². The van der Waals surface area contributed by atoms with Gasteiger partial charge in [-0.05, 0) is 57.5 Å². The molecule has 0 heterocycles. The molecule has 132 valence electrons. The highest BCUT2D eigenvalue weighted by atomic mass is 32.1. The third-order valence-corrected chi connectivity index (χ3v) is 3.60. The number of nitrogens with one attached hydrogen (secondary N) is 1. The fraction of sp³-hybridized carbons (Fsp3) is 0.500. The Morgan fingerprint density at radius 3 is 2.58 bits per heavy atom. The smallest absolute Gasteiger partial charge is 0.362 e. The van der Waals surface area contributed by atoms with Crippen LogP contribution in [0, 0.1) is 11.3 Å². The average molecular weight is 358 g/mol. The van der Waals surface area contributed by atoms with Crippen molar-refractivity contribution in [3.8, 4) is 6.07 Å². The van der Waals surface area contributed by atoms with Crippen LogP contribution in [0.5, 0.6) is 0 Å². The Balaban J connectivity index is 2.85. The van der Waals surface area contributed by atoms with Crippen molar-refractivity contribution in [2.45, 2.75) is 19.0 Å². The summed E-state index contributed by atoms with van der Waals surface area (Å²) in [4.78, 5) is 3.56. The Labute approximate surface area is 145 Å². The fourth-order valence-corrected chi connectivity index (χ4v) is 2.34. The number of thiocarbonyl (C=S) groups is 1. The molecule has 0 amide bonds. The van der Waals surface area contributed by atoms with Gasteiger partial charge in [-0.3, -0.25) is 0 Å². The van der Waals surface area contributed by atoms with Crippen molar-refractivity contribution < 1.29 is 13.2 Å². The van der Waals surface area contributed by atoms with E-state index < -0.39 is 11.7 Å². The van der Waals surface area contributed by atoms with Gasteiger partial charge in [0.2, 0.25) is 0 Å². The lowest BCUT2D eigenvalue weighted by atomic mass is 10.2. The normalized spacial score (nSPS) is 11.2. The molecule has 0 spiro atoms. The summed E-state index contributed by atoms with van der Waals surface area (Å²) in [5.74, 6) is 0. The van der Waals surface area contributed by atoms with Gasteiger partial charge in [-0.15, -0.1) is 0 Å². The van der Waals surface area contributed by atoms with Crippen LogP contribution < -0.4 is 10.2 Å². The van der Waals surface area contributed by atoms with Crippen LogP contribution in [0.25, 0.3) is 0 Å². The number of halogens is 3. The van der Waals surface area contributed by atoms with Gasteiger partial charge in [0.15, 0.2) is 5.11 Å². The van der Waals surface area contributed by atoms with Crippen molar-refractivity contribution in [3.63, 3.8) is 0 Å². The first-order valence-electron chi connectivity index (χ1n) is 7.50. The maximum absolute atomic E-state index is 12.9. The zero-order valence-corrected chi connectivity index (χ0v) is 14.5. The molecule has 0 atom stereocenters. The number of rotatable bonds is 7. The number of nitriles is 1. The van der Waals surface area contributed by atoms with Crippen LogP contribution in [0.1, 0.15) is 18.4 Å². The maximum Gasteiger partial charge on any atom is 0.416 e. The van der Waals surface area contributed by atoms with Crippen LogP contribution >= 0.6 is 12.2 Å². The third kappa shape index (κ3) is 6.72. The summed E-state index contributed by atoms with van der Waals surface area (Å²) < 4.78 is 38.7. The van der Waals surface area contributed by atoms with Crippen molar-refractivity contribution in [3.05, 3.63) is 29.8 Å². The summed E-state index contributed by atoms with van der Waals surface area (Å²) in [6.45, 7) is 1.72. The van der Waals surface area contributed by atoms with Gasteiger partial charge in [0.05, 0.1) is 18.1 Å². The Morgan fingerprint density at radius 2 is 2.00 bits per heavy atom. The average Bonchev–Trinajstić information content (AvgIpc) is 2.51. The molecular weight excluding hydrogens is 337 g/mol. The number of alkyl halides is 3. The van der Waals surface area contributed by atoms with E-state index in [9.17, 15) is 13.2 Å². The van der Waals surface area contributed by atoms with Crippen LogP contribution in [0.3, 0.4) is 0 Å². The van der Waals surface area contributed by atoms with E-state index in [1.54, 1.807) is 6.07 Å². The molecule has 0 aliphatic carbocycles. The minimum atomic E-state index is -4.42. The summed E-state index contributed by atoms with van der Waals surface area (Å²) in [5.41, 5.74) is -0.414. The standard InChI is InChI=1S/C16H21F3N4S/c1-22(2)10-5-9-21-15(24)23(11-4-8-20)14-7-3-6-13(12-14)16(17,18)19/h3,6-7,12H,4-5,9-11H2,1-2H3,(H,21,24). The van der Waals surface area contributed by atoms with Gasteiger partial charge in [-0.25, -0.2) is 0 Å². The molecule has 1 N–H and O–H groups in total. The summed E-state index contributed by atoms with van der Waals surface area (Å²) in [5, 5.41) is 12.1. The molecule has 24 heavy (non-hydrogen) atoms. The molecule has 1 aromatic rings. The largest absolute Gasteiger partial charge is 0.416 e. The molecule has 0 fully saturated rings. The van der Waals surface area contributed by atoms with Crippen LogP contribution in [-0.2, 0) is 6.18 Å². The molecule has 0 radical (unpaired) electrons. The van der Waals surface area contributed by atoms with Crippen molar-refractivity contribution >= 4 is 23.0 Å². The SMILES string of the molecule is CN(C)CCCNC(=S)N(CCC#N)c1cccc(C(F)(F)F)c1. The second kappa shape index (κ2) is 9.45. The summed E-state index contributed by atoms with van der Waals surface area (Å²) in [6.07, 6.45) is -3.41. The first-order valence-corrected chi connectivity index (χ1v) is 7.91. The quantitative estimate of drug-likeness (QED) is 0.599. The minimum absolute atomic E-state index is 0.162. The van der Waals surface area contributed by atoms with Gasteiger partial charge < -0.3 is 15.1 Å². The second-order valence-electron chi connectivity index (χ2n) is 5.50. The number of benzene rings is 1. The van der Waals surface area contributed by atoms with E-state index in [0.717, 1.165) is 25.1 Å². The van der Waals surface area contributed by atoms with Crippen molar-refractivity contribution in [1.29, 1.82) is 5.26 Å². The molecule has 1 rings (SSSR count). The lowest BCUT2D eigenvalue weighted by molar-refractivity contribution is -0.137. The molecule has 8 heteroatoms. The first kappa shape index (κ1) is 20.2. The monoisotopic (exact) mass is 358 g/mol. The predicted octanol–water partition coefficient (Wildman–Crippen LogP) is 3.25. The van der Waals surface area contributed by atoms with E-state index in [1.165, 1.54) is 11.0 Å². The number of nitrogens with zero attached hydrogens (tertiary/aromatic N) is 3. The van der Waals surface area contributed by atoms with Gasteiger partial charge in [0.25, 0.3) is 0 Å². The van der Waals surface area contributed by atoms with E-state index >= 15 is 0 Å². The second-order valence-corrected chi connectivity index (χ2v) is 5.88. The lowest BCUT2D eigenvalue weighted by Gasteiger charge is -2.26. The molecule has 1 aromatic carbocycles. The Morgan fingerprint density at radius 1 is 1.29 bits per heavy atom. The molecule has 4 nitrogen and oxygen atoms in total. The summed E-state index contributed by atoms with van der Waals surface area (Å²) in [7, 11) is 3.92. The molecule has 0 bridgehead atoms. The van der Waals surface area contributed by atoms with Crippen LogP contribution in [0.4, 0.5) is 18.9 Å². The van der Waals surface area contributed by atoms with Crippen LogP contribution in [-0.4, -0.2) is 43.7 Å². The summed E-state index contributed by atoms with van der Waals surface area (Å²) >= 11 is 5.30. The van der Waals surface area contributed by atoms with E-state index in [-0.39, 0.29) is 13.0 Å². The van der Waals surface area contributed by atoms with E-state index in [1.807, 2.05) is 25.1 Å². The Hall–Kier alpha value is -1.85. The predicted molar refractivity (Wildman–Crippen MR) is 92.8 cm³/mol. The Bertz CT molecular complexity index is 581. The molecule has 0 aliphatic rings. The highest BCUT2D eigenvalue weighted by molar-refractivity contribution is 7.80. The van der Waals surface area contributed by atoms with Crippen molar-refractivity contribution in [2.24, 2.45) is 0 Å². The zero-order chi connectivity index (χ0) is 18.2. The zero-order valence-electron chi connectivity index (χ0n) is 13.7. The minimum Gasteiger partial charge on any atom is -0.362 e. The van der Waals surface area contributed by atoms with E-state index in [2.05, 4.69) is 5.32 Å². The topological polar surface area (TPSA) is 42.3 Å². The molecule has 0 aliphatic heterocycles. The highest BCUT2D eigenvalue weighted by Gasteiger charge is 2.31. The number of hydrogen-bond donors (Lipinski definition) is 1. The Kier molecular flexibility index (Phi) is 7.95. The van der Waals surface area contributed by atoms with Crippen molar-refractivity contribution in [2.75, 3.05) is 38.6 Å². The molecule has 0 aromatic heterocycles. The summed E-state index contributed by atoms with van der Waals surface area (Å²) in [6, 6.07) is 6.95. The maximum atomic E-state index is 12.9. The molecule has 0 saturated heterocycles. The fourth-order valence-electron chi connectivity index (χ4n) is 2.05. The van der Waals surface area contributed by atoms with Crippen LogP contribution in [0.15, 0.2) is 24.3 Å². The van der Waals surface area contributed by atoms with E-state index in [4.69, 9.17) is 17.5 Å². The van der Waals surface area contributed by atoms with Crippen molar-refractivity contribution in [1.82, 2.24) is 10.2 Å². The van der Waals surface area contributed by atoms with Gasteiger partial charge >= 0.3 is 6.18 Å². The van der Waals surface area contributed by atoms with Gasteiger partial charge in [0, 0.05) is 18.8 Å². The number of hydrogen-bond acceptors (Lipinski definition) is 3. The molecule has 0 unspecified atom stereocenters. The van der Waals surface area contributed by atoms with Crippen LogP contribution in [0.2, 0.25) is 0 Å².